The molecule has 1 aromatic heterocycles. The van der Waals surface area contributed by atoms with E-state index >= 15 is 0 Å². The lowest BCUT2D eigenvalue weighted by atomic mass is 10.1. The van der Waals surface area contributed by atoms with Gasteiger partial charge in [0, 0.05) is 17.7 Å². The van der Waals surface area contributed by atoms with E-state index in [4.69, 9.17) is 14.3 Å². The zero-order chi connectivity index (χ0) is 17.4. The lowest BCUT2D eigenvalue weighted by Crippen LogP contribution is -2.02. The molecule has 7 nitrogen and oxygen atoms in total. The average Bonchev–Trinajstić information content (AvgIpc) is 2.54. The van der Waals surface area contributed by atoms with E-state index in [2.05, 4.69) is 0 Å². The Labute approximate surface area is 135 Å². The molecule has 0 aliphatic rings. The average molecular weight is 330 g/mol. The fraction of sp³-hybridized carbons (Fsp3) is 0.118. The van der Waals surface area contributed by atoms with Gasteiger partial charge in [0.1, 0.15) is 28.2 Å². The molecule has 0 aliphatic carbocycles. The van der Waals surface area contributed by atoms with Crippen molar-refractivity contribution in [2.24, 2.45) is 0 Å². The van der Waals surface area contributed by atoms with Gasteiger partial charge in [-0.1, -0.05) is 0 Å². The molecule has 1 heterocycles. The van der Waals surface area contributed by atoms with Crippen molar-refractivity contribution >= 4 is 11.0 Å². The first-order valence-corrected chi connectivity index (χ1v) is 6.96. The second-order valence-corrected chi connectivity index (χ2v) is 5.12. The highest BCUT2D eigenvalue weighted by Crippen LogP contribution is 2.36. The minimum absolute atomic E-state index is 0.0417. The third-order valence-electron chi connectivity index (χ3n) is 3.70. The Kier molecular flexibility index (Phi) is 3.78. The van der Waals surface area contributed by atoms with Crippen LogP contribution in [0.1, 0.15) is 5.56 Å². The van der Waals surface area contributed by atoms with Gasteiger partial charge in [-0.2, -0.15) is 0 Å². The first-order valence-electron chi connectivity index (χ1n) is 6.96. The smallest absolute Gasteiger partial charge is 0.197 e. The van der Waals surface area contributed by atoms with E-state index in [9.17, 15) is 20.1 Å². The number of aliphatic hydroxyl groups excluding tert-OH is 1. The molecule has 4 N–H and O–H groups in total. The molecule has 0 saturated heterocycles. The van der Waals surface area contributed by atoms with Gasteiger partial charge in [-0.05, 0) is 18.2 Å². The molecule has 0 unspecified atom stereocenters. The largest absolute Gasteiger partial charge is 0.507 e. The summed E-state index contributed by atoms with van der Waals surface area (Å²) in [5.74, 6) is -0.629. The van der Waals surface area contributed by atoms with Crippen LogP contribution in [0.2, 0.25) is 0 Å². The van der Waals surface area contributed by atoms with Crippen molar-refractivity contribution in [2.75, 3.05) is 7.11 Å². The fourth-order valence-electron chi connectivity index (χ4n) is 2.47. The highest BCUT2D eigenvalue weighted by atomic mass is 16.5. The Morgan fingerprint density at radius 3 is 2.46 bits per heavy atom. The number of fused-ring (bicyclic) bond motifs is 1. The first kappa shape index (κ1) is 15.7. The van der Waals surface area contributed by atoms with Crippen LogP contribution in [0.3, 0.4) is 0 Å². The summed E-state index contributed by atoms with van der Waals surface area (Å²) in [5, 5.41) is 38.7. The molecule has 24 heavy (non-hydrogen) atoms. The van der Waals surface area contributed by atoms with Gasteiger partial charge in [0.25, 0.3) is 0 Å². The summed E-state index contributed by atoms with van der Waals surface area (Å²) in [7, 11) is 1.41. The van der Waals surface area contributed by atoms with Gasteiger partial charge in [0.2, 0.25) is 0 Å². The van der Waals surface area contributed by atoms with Crippen molar-refractivity contribution in [3.05, 3.63) is 46.1 Å². The molecule has 0 radical (unpaired) electrons. The number of phenolic OH excluding ortho intramolecular Hbond substituents is 1. The molecule has 0 spiro atoms. The van der Waals surface area contributed by atoms with Gasteiger partial charge in [-0.3, -0.25) is 4.79 Å². The van der Waals surface area contributed by atoms with Crippen LogP contribution >= 0.6 is 0 Å². The topological polar surface area (TPSA) is 120 Å². The van der Waals surface area contributed by atoms with Crippen LogP contribution in [0, 0.1) is 0 Å². The number of hydrogen-bond donors (Lipinski definition) is 4. The Balaban J connectivity index is 2.25. The van der Waals surface area contributed by atoms with Gasteiger partial charge < -0.3 is 29.6 Å². The predicted molar refractivity (Wildman–Crippen MR) is 85.4 cm³/mol. The van der Waals surface area contributed by atoms with Crippen LogP contribution in [-0.4, -0.2) is 27.5 Å². The molecule has 0 bridgehead atoms. The number of hydrogen-bond acceptors (Lipinski definition) is 7. The highest BCUT2D eigenvalue weighted by Gasteiger charge is 2.17. The van der Waals surface area contributed by atoms with E-state index in [-0.39, 0.29) is 39.5 Å². The summed E-state index contributed by atoms with van der Waals surface area (Å²) in [6, 6.07) is 6.77. The maximum Gasteiger partial charge on any atom is 0.197 e. The number of benzene rings is 2. The normalized spacial score (nSPS) is 10.9. The Hall–Kier alpha value is -3.19. The Morgan fingerprint density at radius 2 is 1.83 bits per heavy atom. The lowest BCUT2D eigenvalue weighted by molar-refractivity contribution is 0.269. The molecule has 2 aromatic carbocycles. The summed E-state index contributed by atoms with van der Waals surface area (Å²) in [5.41, 5.74) is -0.323. The van der Waals surface area contributed by atoms with Crippen LogP contribution < -0.4 is 10.2 Å². The summed E-state index contributed by atoms with van der Waals surface area (Å²) in [4.78, 5) is 12.3. The van der Waals surface area contributed by atoms with Crippen molar-refractivity contribution < 1.29 is 29.6 Å². The molecule has 3 aromatic rings. The molecule has 3 rings (SSSR count). The summed E-state index contributed by atoms with van der Waals surface area (Å²) in [6.45, 7) is -0.624. The summed E-state index contributed by atoms with van der Waals surface area (Å²) in [6.07, 6.45) is 0. The van der Waals surface area contributed by atoms with Crippen LogP contribution in [0.15, 0.2) is 39.5 Å². The lowest BCUT2D eigenvalue weighted by Gasteiger charge is -2.10. The second-order valence-electron chi connectivity index (χ2n) is 5.12. The van der Waals surface area contributed by atoms with Crippen molar-refractivity contribution in [2.45, 2.75) is 6.61 Å². The van der Waals surface area contributed by atoms with Gasteiger partial charge in [-0.15, -0.1) is 0 Å². The molecule has 0 atom stereocenters. The van der Waals surface area contributed by atoms with E-state index in [0.29, 0.717) is 5.56 Å². The van der Waals surface area contributed by atoms with Crippen LogP contribution in [0.25, 0.3) is 22.3 Å². The maximum atomic E-state index is 12.3. The van der Waals surface area contributed by atoms with Crippen molar-refractivity contribution in [1.82, 2.24) is 0 Å². The van der Waals surface area contributed by atoms with Gasteiger partial charge >= 0.3 is 0 Å². The molecule has 0 amide bonds. The summed E-state index contributed by atoms with van der Waals surface area (Å²) < 4.78 is 10.5. The van der Waals surface area contributed by atoms with Crippen molar-refractivity contribution in [1.29, 1.82) is 0 Å². The highest BCUT2D eigenvalue weighted by molar-refractivity contribution is 5.88. The van der Waals surface area contributed by atoms with Crippen molar-refractivity contribution in [3.63, 3.8) is 0 Å². The van der Waals surface area contributed by atoms with Gasteiger partial charge in [0.05, 0.1) is 19.3 Å². The SMILES string of the molecule is COc1ccc(-c2cc(=O)c3c(O)c(CO)c(O)cc3o2)cc1O. The standard InChI is InChI=1S/C17H14O7/c1-23-13-3-2-8(4-11(13)20)14-6-12(21)16-15(24-14)5-10(19)9(7-18)17(16)22/h2-6,18-20,22H,7H2,1H3. The molecule has 124 valence electrons. The minimum Gasteiger partial charge on any atom is -0.507 e. The first-order chi connectivity index (χ1) is 11.5. The zero-order valence-corrected chi connectivity index (χ0v) is 12.6. The zero-order valence-electron chi connectivity index (χ0n) is 12.6. The van der Waals surface area contributed by atoms with E-state index in [1.807, 2.05) is 0 Å². The number of ether oxygens (including phenoxy) is 1. The fourth-order valence-corrected chi connectivity index (χ4v) is 2.47. The number of methoxy groups -OCH3 is 1. The van der Waals surface area contributed by atoms with E-state index in [0.717, 1.165) is 12.1 Å². The number of phenols is 3. The molecule has 0 saturated carbocycles. The van der Waals surface area contributed by atoms with Gasteiger partial charge in [0.15, 0.2) is 16.9 Å². The van der Waals surface area contributed by atoms with Crippen LogP contribution in [0.4, 0.5) is 0 Å². The number of rotatable bonds is 3. The Morgan fingerprint density at radius 1 is 1.08 bits per heavy atom. The number of aliphatic hydroxyl groups is 1. The Bertz CT molecular complexity index is 988. The molecular weight excluding hydrogens is 316 g/mol. The van der Waals surface area contributed by atoms with E-state index in [1.54, 1.807) is 6.07 Å². The molecule has 0 aliphatic heterocycles. The number of aromatic hydroxyl groups is 3. The monoisotopic (exact) mass is 330 g/mol. The maximum absolute atomic E-state index is 12.3. The molecule has 0 fully saturated rings. The second kappa shape index (κ2) is 5.78. The van der Waals surface area contributed by atoms with Crippen LogP contribution in [-0.2, 0) is 6.61 Å². The third kappa shape index (κ3) is 2.40. The van der Waals surface area contributed by atoms with E-state index < -0.39 is 17.8 Å². The quantitative estimate of drug-likeness (QED) is 0.580. The van der Waals surface area contributed by atoms with E-state index in [1.165, 1.54) is 19.2 Å². The minimum atomic E-state index is -0.624. The van der Waals surface area contributed by atoms with Crippen molar-refractivity contribution in [3.8, 4) is 34.3 Å². The predicted octanol–water partition coefficient (Wildman–Crippen LogP) is 2.08. The van der Waals surface area contributed by atoms with Gasteiger partial charge in [-0.25, -0.2) is 0 Å². The molecular formula is C17H14O7. The third-order valence-corrected chi connectivity index (χ3v) is 3.70. The summed E-state index contributed by atoms with van der Waals surface area (Å²) >= 11 is 0. The van der Waals surface area contributed by atoms with Crippen LogP contribution in [0.5, 0.6) is 23.0 Å². The molecule has 7 heteroatoms.